The zero-order chi connectivity index (χ0) is 25.5. The predicted octanol–water partition coefficient (Wildman–Crippen LogP) is 9.42. The van der Waals surface area contributed by atoms with Gasteiger partial charge in [0.15, 0.2) is 0 Å². The van der Waals surface area contributed by atoms with Crippen LogP contribution >= 0.6 is 0 Å². The average molecular weight is 485 g/mol. The Balaban J connectivity index is 1.30. The summed E-state index contributed by atoms with van der Waals surface area (Å²) < 4.78 is 0. The highest BCUT2D eigenvalue weighted by atomic mass is 15.1. The summed E-state index contributed by atoms with van der Waals surface area (Å²) in [6, 6.07) is 40.3. The molecule has 0 saturated heterocycles. The van der Waals surface area contributed by atoms with Gasteiger partial charge < -0.3 is 4.90 Å². The Hall–Kier alpha value is -5.13. The summed E-state index contributed by atoms with van der Waals surface area (Å²) in [6.45, 7) is 0. The van der Waals surface area contributed by atoms with Crippen molar-refractivity contribution in [1.82, 2.24) is 0 Å². The Bertz CT molecular complexity index is 1820. The standard InChI is InChI=1S/C36H24N2/c37-24-25-9-6-14-29(23-25)38(27-11-2-1-3-12-27)28-13-7-10-26(19-20-28)30-21-22-35-32-16-5-4-15-31(32)34-18-8-17-33(30)36(34)35/h1-6,8-23H,7H2. The molecule has 0 bridgehead atoms. The molecule has 0 fully saturated rings. The third-order valence-corrected chi connectivity index (χ3v) is 7.46. The fraction of sp³-hybridized carbons (Fsp3) is 0.0278. The van der Waals surface area contributed by atoms with E-state index in [0.29, 0.717) is 5.56 Å². The van der Waals surface area contributed by atoms with Crippen molar-refractivity contribution in [3.8, 4) is 28.3 Å². The van der Waals surface area contributed by atoms with Crippen molar-refractivity contribution in [1.29, 1.82) is 5.26 Å². The largest absolute Gasteiger partial charge is 0.311 e. The molecule has 7 rings (SSSR count). The molecule has 0 radical (unpaired) electrons. The Morgan fingerprint density at radius 2 is 1.26 bits per heavy atom. The van der Waals surface area contributed by atoms with Crippen LogP contribution < -0.4 is 4.90 Å². The van der Waals surface area contributed by atoms with E-state index in [1.807, 2.05) is 36.4 Å². The molecule has 2 aliphatic rings. The minimum Gasteiger partial charge on any atom is -0.311 e. The van der Waals surface area contributed by atoms with Gasteiger partial charge in [0.25, 0.3) is 0 Å². The molecule has 2 nitrogen and oxygen atoms in total. The molecule has 0 saturated carbocycles. The van der Waals surface area contributed by atoms with Crippen LogP contribution in [0.1, 0.15) is 17.5 Å². The van der Waals surface area contributed by atoms with Crippen molar-refractivity contribution in [2.45, 2.75) is 6.42 Å². The first kappa shape index (κ1) is 22.1. The van der Waals surface area contributed by atoms with Gasteiger partial charge >= 0.3 is 0 Å². The number of para-hydroxylation sites is 1. The van der Waals surface area contributed by atoms with Crippen molar-refractivity contribution < 1.29 is 0 Å². The van der Waals surface area contributed by atoms with Crippen molar-refractivity contribution in [2.75, 3.05) is 4.90 Å². The lowest BCUT2D eigenvalue weighted by Gasteiger charge is -2.26. The minimum absolute atomic E-state index is 0.648. The zero-order valence-corrected chi connectivity index (χ0v) is 20.8. The van der Waals surface area contributed by atoms with Gasteiger partial charge in [-0.1, -0.05) is 97.1 Å². The van der Waals surface area contributed by atoms with E-state index in [4.69, 9.17) is 0 Å². The van der Waals surface area contributed by atoms with E-state index in [2.05, 4.69) is 108 Å². The van der Waals surface area contributed by atoms with E-state index in [9.17, 15) is 5.26 Å². The van der Waals surface area contributed by atoms with Crippen LogP contribution in [0.3, 0.4) is 0 Å². The lowest BCUT2D eigenvalue weighted by molar-refractivity contribution is 1.18. The Morgan fingerprint density at radius 3 is 2.08 bits per heavy atom. The number of hydrogen-bond acceptors (Lipinski definition) is 2. The first-order valence-electron chi connectivity index (χ1n) is 12.9. The Morgan fingerprint density at radius 1 is 0.579 bits per heavy atom. The lowest BCUT2D eigenvalue weighted by atomic mass is 9.94. The second-order valence-corrected chi connectivity index (χ2v) is 9.62. The van der Waals surface area contributed by atoms with E-state index in [1.165, 1.54) is 44.2 Å². The van der Waals surface area contributed by atoms with Crippen molar-refractivity contribution in [2.24, 2.45) is 0 Å². The molecule has 5 aromatic rings. The number of fused-ring (bicyclic) bond motifs is 3. The highest BCUT2D eigenvalue weighted by Gasteiger charge is 2.22. The second kappa shape index (κ2) is 9.07. The van der Waals surface area contributed by atoms with Crippen molar-refractivity contribution >= 4 is 27.7 Å². The zero-order valence-electron chi connectivity index (χ0n) is 20.8. The van der Waals surface area contributed by atoms with E-state index >= 15 is 0 Å². The first-order valence-corrected chi connectivity index (χ1v) is 12.9. The Labute approximate surface area is 222 Å². The van der Waals surface area contributed by atoms with Crippen LogP contribution in [0.2, 0.25) is 0 Å². The summed E-state index contributed by atoms with van der Waals surface area (Å²) in [4.78, 5) is 2.22. The van der Waals surface area contributed by atoms with Gasteiger partial charge in [-0.25, -0.2) is 0 Å². The summed E-state index contributed by atoms with van der Waals surface area (Å²) >= 11 is 0. The van der Waals surface area contributed by atoms with Gasteiger partial charge in [-0.3, -0.25) is 0 Å². The van der Waals surface area contributed by atoms with E-state index in [0.717, 1.165) is 23.5 Å². The van der Waals surface area contributed by atoms with Crippen molar-refractivity contribution in [3.05, 3.63) is 150 Å². The van der Waals surface area contributed by atoms with Crippen LogP contribution in [0.25, 0.3) is 38.6 Å². The maximum Gasteiger partial charge on any atom is 0.0992 e. The average Bonchev–Trinajstić information content (AvgIpc) is 3.12. The summed E-state index contributed by atoms with van der Waals surface area (Å²) in [5.41, 5.74) is 11.5. The second-order valence-electron chi connectivity index (χ2n) is 9.62. The van der Waals surface area contributed by atoms with Crippen LogP contribution in [0.15, 0.2) is 139 Å². The van der Waals surface area contributed by atoms with Crippen LogP contribution in [0.4, 0.5) is 11.4 Å². The number of hydrogen-bond donors (Lipinski definition) is 0. The summed E-state index contributed by atoms with van der Waals surface area (Å²) in [5, 5.41) is 12.1. The molecule has 5 aromatic carbocycles. The molecule has 2 aliphatic carbocycles. The monoisotopic (exact) mass is 484 g/mol. The van der Waals surface area contributed by atoms with Gasteiger partial charge in [0.05, 0.1) is 11.6 Å². The highest BCUT2D eigenvalue weighted by molar-refractivity contribution is 6.17. The normalized spacial score (nSPS) is 13.3. The molecule has 2 heteroatoms. The smallest absolute Gasteiger partial charge is 0.0992 e. The SMILES string of the molecule is N#Cc1cccc(N(C2=CCC=C(c3ccc4c5c(cccc35)-c3ccccc3-4)C=C2)c2ccccc2)c1. The minimum atomic E-state index is 0.648. The van der Waals surface area contributed by atoms with Gasteiger partial charge in [0, 0.05) is 17.1 Å². The molecule has 0 aromatic heterocycles. The number of allylic oxidation sites excluding steroid dienone is 5. The number of anilines is 2. The number of rotatable bonds is 4. The summed E-state index contributed by atoms with van der Waals surface area (Å²) in [6.07, 6.45) is 9.80. The molecular formula is C36H24N2. The fourth-order valence-electron chi connectivity index (χ4n) is 5.78. The molecule has 0 spiro atoms. The predicted molar refractivity (Wildman–Crippen MR) is 158 cm³/mol. The lowest BCUT2D eigenvalue weighted by Crippen LogP contribution is -2.15. The molecule has 178 valence electrons. The molecule has 0 unspecified atom stereocenters. The number of nitrogens with zero attached hydrogens (tertiary/aromatic N) is 2. The van der Waals surface area contributed by atoms with E-state index in [1.54, 1.807) is 0 Å². The molecule has 38 heavy (non-hydrogen) atoms. The number of benzene rings is 5. The van der Waals surface area contributed by atoms with Gasteiger partial charge in [0.2, 0.25) is 0 Å². The molecular weight excluding hydrogens is 460 g/mol. The van der Waals surface area contributed by atoms with Crippen molar-refractivity contribution in [3.63, 3.8) is 0 Å². The molecule has 0 aliphatic heterocycles. The maximum absolute atomic E-state index is 9.51. The molecule has 0 N–H and O–H groups in total. The van der Waals surface area contributed by atoms with Gasteiger partial charge in [-0.05, 0) is 87.0 Å². The quantitative estimate of drug-likeness (QED) is 0.249. The van der Waals surface area contributed by atoms with E-state index < -0.39 is 0 Å². The maximum atomic E-state index is 9.51. The van der Waals surface area contributed by atoms with Crippen LogP contribution in [-0.4, -0.2) is 0 Å². The van der Waals surface area contributed by atoms with Crippen LogP contribution in [0.5, 0.6) is 0 Å². The van der Waals surface area contributed by atoms with Crippen LogP contribution in [-0.2, 0) is 0 Å². The van der Waals surface area contributed by atoms with Gasteiger partial charge in [-0.15, -0.1) is 0 Å². The Kier molecular flexibility index (Phi) is 5.27. The highest BCUT2D eigenvalue weighted by Crippen LogP contribution is 2.48. The summed E-state index contributed by atoms with van der Waals surface area (Å²) in [7, 11) is 0. The topological polar surface area (TPSA) is 27.0 Å². The fourth-order valence-corrected chi connectivity index (χ4v) is 5.78. The van der Waals surface area contributed by atoms with E-state index in [-0.39, 0.29) is 0 Å². The van der Waals surface area contributed by atoms with Gasteiger partial charge in [0.1, 0.15) is 0 Å². The third kappa shape index (κ3) is 3.57. The van der Waals surface area contributed by atoms with Crippen LogP contribution in [0, 0.1) is 11.3 Å². The third-order valence-electron chi connectivity index (χ3n) is 7.46. The molecule has 0 atom stereocenters. The number of nitriles is 1. The summed E-state index contributed by atoms with van der Waals surface area (Å²) in [5.74, 6) is 0. The molecule has 0 amide bonds. The van der Waals surface area contributed by atoms with Gasteiger partial charge in [-0.2, -0.15) is 5.26 Å². The molecule has 0 heterocycles. The first-order chi connectivity index (χ1) is 18.8.